The Kier molecular flexibility index (Phi) is 2.79. The van der Waals surface area contributed by atoms with Crippen molar-refractivity contribution in [1.82, 2.24) is 0 Å². The van der Waals surface area contributed by atoms with Gasteiger partial charge in [-0.25, -0.2) is 0 Å². The van der Waals surface area contributed by atoms with Crippen molar-refractivity contribution in [2.75, 3.05) is 11.5 Å². The summed E-state index contributed by atoms with van der Waals surface area (Å²) in [7, 11) is 0. The summed E-state index contributed by atoms with van der Waals surface area (Å²) in [4.78, 5) is 0.914. The molecule has 0 aromatic heterocycles. The van der Waals surface area contributed by atoms with E-state index >= 15 is 0 Å². The fourth-order valence-corrected chi connectivity index (χ4v) is 2.17. The van der Waals surface area contributed by atoms with Gasteiger partial charge in [-0.2, -0.15) is 0 Å². The summed E-state index contributed by atoms with van der Waals surface area (Å²) in [6.45, 7) is 2.03. The number of anilines is 2. The molecule has 0 spiro atoms. The van der Waals surface area contributed by atoms with Gasteiger partial charge in [0.25, 0.3) is 0 Å². The lowest BCUT2D eigenvalue weighted by molar-refractivity contribution is 1.37. The molecule has 0 atom stereocenters. The predicted octanol–water partition coefficient (Wildman–Crippen LogP) is 3.12. The smallest absolute Gasteiger partial charge is 0.0414 e. The first-order valence-electron chi connectivity index (χ1n) is 5.03. The Labute approximate surface area is 101 Å². The predicted molar refractivity (Wildman–Crippen MR) is 72.7 cm³/mol. The molecule has 3 heteroatoms. The zero-order valence-corrected chi connectivity index (χ0v) is 9.96. The molecule has 16 heavy (non-hydrogen) atoms. The van der Waals surface area contributed by atoms with Gasteiger partial charge in [-0.15, -0.1) is 12.6 Å². The van der Waals surface area contributed by atoms with Crippen molar-refractivity contribution in [1.29, 1.82) is 0 Å². The first-order valence-corrected chi connectivity index (χ1v) is 5.47. The maximum absolute atomic E-state index is 5.95. The fraction of sp³-hybridized carbons (Fsp3) is 0.0769. The molecular formula is C13H14N2S. The van der Waals surface area contributed by atoms with Crippen molar-refractivity contribution in [3.63, 3.8) is 0 Å². The van der Waals surface area contributed by atoms with Crippen molar-refractivity contribution < 1.29 is 0 Å². The molecule has 0 heterocycles. The molecule has 0 amide bonds. The van der Waals surface area contributed by atoms with Crippen molar-refractivity contribution in [2.24, 2.45) is 0 Å². The Hall–Kier alpha value is -1.61. The summed E-state index contributed by atoms with van der Waals surface area (Å²) in [5.41, 5.74) is 16.3. The minimum Gasteiger partial charge on any atom is -0.398 e. The highest BCUT2D eigenvalue weighted by atomic mass is 32.1. The molecule has 0 aliphatic rings. The van der Waals surface area contributed by atoms with Crippen LogP contribution in [0.5, 0.6) is 0 Å². The molecular weight excluding hydrogens is 216 g/mol. The summed E-state index contributed by atoms with van der Waals surface area (Å²) in [6.07, 6.45) is 0. The molecule has 0 saturated heterocycles. The monoisotopic (exact) mass is 230 g/mol. The van der Waals surface area contributed by atoms with Crippen LogP contribution in [0.15, 0.2) is 41.3 Å². The summed E-state index contributed by atoms with van der Waals surface area (Å²) in [5.74, 6) is 0. The highest BCUT2D eigenvalue weighted by molar-refractivity contribution is 7.80. The number of hydrogen-bond donors (Lipinski definition) is 3. The van der Waals surface area contributed by atoms with Gasteiger partial charge in [0.2, 0.25) is 0 Å². The Bertz CT molecular complexity index is 495. The van der Waals surface area contributed by atoms with Gasteiger partial charge in [0.05, 0.1) is 0 Å². The van der Waals surface area contributed by atoms with Crippen LogP contribution in [0.25, 0.3) is 11.1 Å². The van der Waals surface area contributed by atoms with E-state index in [1.165, 1.54) is 0 Å². The second-order valence-electron chi connectivity index (χ2n) is 3.87. The topological polar surface area (TPSA) is 52.0 Å². The molecule has 2 aromatic carbocycles. The van der Waals surface area contributed by atoms with Gasteiger partial charge in [0.15, 0.2) is 0 Å². The van der Waals surface area contributed by atoms with Crippen LogP contribution >= 0.6 is 12.6 Å². The maximum Gasteiger partial charge on any atom is 0.0414 e. The van der Waals surface area contributed by atoms with Gasteiger partial charge >= 0.3 is 0 Å². The van der Waals surface area contributed by atoms with Crippen molar-refractivity contribution >= 4 is 24.0 Å². The van der Waals surface area contributed by atoms with E-state index in [1.807, 2.05) is 37.3 Å². The van der Waals surface area contributed by atoms with Crippen molar-refractivity contribution in [3.8, 4) is 11.1 Å². The summed E-state index contributed by atoms with van der Waals surface area (Å²) in [5, 5.41) is 0. The second kappa shape index (κ2) is 4.10. The van der Waals surface area contributed by atoms with Crippen molar-refractivity contribution in [3.05, 3.63) is 42.0 Å². The molecule has 0 bridgehead atoms. The fourth-order valence-electron chi connectivity index (χ4n) is 1.83. The maximum atomic E-state index is 5.95. The van der Waals surface area contributed by atoms with Crippen LogP contribution in [-0.2, 0) is 0 Å². The van der Waals surface area contributed by atoms with Gasteiger partial charge in [-0.05, 0) is 42.3 Å². The molecule has 2 aromatic rings. The van der Waals surface area contributed by atoms with Gasteiger partial charge in [0.1, 0.15) is 0 Å². The van der Waals surface area contributed by atoms with Crippen LogP contribution in [0.3, 0.4) is 0 Å². The van der Waals surface area contributed by atoms with E-state index in [2.05, 4.69) is 18.7 Å². The highest BCUT2D eigenvalue weighted by Gasteiger charge is 2.07. The summed E-state index contributed by atoms with van der Waals surface area (Å²) in [6, 6.07) is 11.6. The summed E-state index contributed by atoms with van der Waals surface area (Å²) < 4.78 is 0. The van der Waals surface area contributed by atoms with Gasteiger partial charge in [-0.3, -0.25) is 0 Å². The number of nitrogens with two attached hydrogens (primary N) is 2. The van der Waals surface area contributed by atoms with E-state index in [-0.39, 0.29) is 0 Å². The van der Waals surface area contributed by atoms with E-state index < -0.39 is 0 Å². The van der Waals surface area contributed by atoms with Crippen LogP contribution in [0.2, 0.25) is 0 Å². The average molecular weight is 230 g/mol. The van der Waals surface area contributed by atoms with Crippen LogP contribution in [0.4, 0.5) is 11.4 Å². The van der Waals surface area contributed by atoms with Crippen LogP contribution in [0, 0.1) is 6.92 Å². The van der Waals surface area contributed by atoms with Crippen molar-refractivity contribution in [2.45, 2.75) is 11.8 Å². The minimum atomic E-state index is 0.693. The second-order valence-corrected chi connectivity index (χ2v) is 4.39. The van der Waals surface area contributed by atoms with Crippen LogP contribution in [-0.4, -0.2) is 0 Å². The first-order chi connectivity index (χ1) is 7.58. The minimum absolute atomic E-state index is 0.693. The van der Waals surface area contributed by atoms with E-state index in [4.69, 9.17) is 11.5 Å². The lowest BCUT2D eigenvalue weighted by atomic mass is 10.0. The standard InChI is InChI=1S/C13H14N2S/c1-8-5-9(7-10(16)6-8)13-11(14)3-2-4-12(13)15/h2-7,16H,14-15H2,1H3. The molecule has 4 N–H and O–H groups in total. The number of nitrogen functional groups attached to an aromatic ring is 2. The van der Waals surface area contributed by atoms with Crippen LogP contribution < -0.4 is 11.5 Å². The Morgan fingerprint density at radius 1 is 1.00 bits per heavy atom. The third-order valence-corrected chi connectivity index (χ3v) is 2.74. The third-order valence-electron chi connectivity index (χ3n) is 2.48. The number of hydrogen-bond acceptors (Lipinski definition) is 3. The van der Waals surface area contributed by atoms with Gasteiger partial charge in [-0.1, -0.05) is 12.1 Å². The molecule has 0 fully saturated rings. The zero-order chi connectivity index (χ0) is 11.7. The van der Waals surface area contributed by atoms with E-state index in [0.717, 1.165) is 21.6 Å². The lowest BCUT2D eigenvalue weighted by Gasteiger charge is -2.10. The van der Waals surface area contributed by atoms with E-state index in [1.54, 1.807) is 0 Å². The molecule has 0 saturated carbocycles. The molecule has 0 unspecified atom stereocenters. The molecule has 0 aliphatic heterocycles. The Morgan fingerprint density at radius 2 is 1.62 bits per heavy atom. The number of benzene rings is 2. The lowest BCUT2D eigenvalue weighted by Crippen LogP contribution is -1.96. The third kappa shape index (κ3) is 1.99. The largest absolute Gasteiger partial charge is 0.398 e. The first kappa shape index (κ1) is 10.9. The number of thiol groups is 1. The van der Waals surface area contributed by atoms with E-state index in [9.17, 15) is 0 Å². The van der Waals surface area contributed by atoms with E-state index in [0.29, 0.717) is 11.4 Å². The average Bonchev–Trinajstić information content (AvgIpc) is 2.15. The molecule has 0 radical (unpaired) electrons. The molecule has 0 aliphatic carbocycles. The number of aryl methyl sites for hydroxylation is 1. The molecule has 2 nitrogen and oxygen atoms in total. The molecule has 2 rings (SSSR count). The quantitative estimate of drug-likeness (QED) is 0.521. The van der Waals surface area contributed by atoms with Gasteiger partial charge < -0.3 is 11.5 Å². The van der Waals surface area contributed by atoms with Gasteiger partial charge in [0, 0.05) is 21.8 Å². The molecule has 82 valence electrons. The normalized spacial score (nSPS) is 10.4. The number of rotatable bonds is 1. The highest BCUT2D eigenvalue weighted by Crippen LogP contribution is 2.33. The Balaban J connectivity index is 2.67. The SMILES string of the molecule is Cc1cc(S)cc(-c2c(N)cccc2N)c1. The Morgan fingerprint density at radius 3 is 2.19 bits per heavy atom. The summed E-state index contributed by atoms with van der Waals surface area (Å²) >= 11 is 4.36. The zero-order valence-electron chi connectivity index (χ0n) is 9.07. The van der Waals surface area contributed by atoms with Crippen LogP contribution in [0.1, 0.15) is 5.56 Å².